The molecule has 1 aliphatic heterocycles. The number of hydrogen-bond donors (Lipinski definition) is 1. The van der Waals surface area contributed by atoms with E-state index in [1.807, 2.05) is 54.6 Å². The van der Waals surface area contributed by atoms with Crippen molar-refractivity contribution in [3.63, 3.8) is 0 Å². The lowest BCUT2D eigenvalue weighted by molar-refractivity contribution is 0.369. The largest absolute Gasteiger partial charge is 0.496 e. The van der Waals surface area contributed by atoms with Gasteiger partial charge in [0.2, 0.25) is 5.00 Å². The number of nitriles is 1. The van der Waals surface area contributed by atoms with Gasteiger partial charge in [0, 0.05) is 11.3 Å². The molecule has 1 N–H and O–H groups in total. The molecule has 21 heavy (non-hydrogen) atoms. The monoisotopic (exact) mass is 296 g/mol. The highest BCUT2D eigenvalue weighted by atomic mass is 35.5. The lowest BCUT2D eigenvalue weighted by Crippen LogP contribution is -2.35. The third-order valence-electron chi connectivity index (χ3n) is 3.47. The Kier molecular flexibility index (Phi) is 3.32. The summed E-state index contributed by atoms with van der Waals surface area (Å²) in [7, 11) is 1.59. The maximum absolute atomic E-state index is 9.59. The molecule has 0 saturated carbocycles. The van der Waals surface area contributed by atoms with Crippen LogP contribution in [0.3, 0.4) is 0 Å². The van der Waals surface area contributed by atoms with Gasteiger partial charge in [0.05, 0.1) is 12.7 Å². The van der Waals surface area contributed by atoms with Gasteiger partial charge in [0.15, 0.2) is 0 Å². The Labute approximate surface area is 128 Å². The molecular formula is C17H13ClN2O. The normalized spacial score (nSPS) is 20.2. The highest BCUT2D eigenvalue weighted by molar-refractivity contribution is 6.36. The molecule has 0 aliphatic carbocycles. The van der Waals surface area contributed by atoms with Gasteiger partial charge in [-0.3, -0.25) is 0 Å². The number of anilines is 1. The van der Waals surface area contributed by atoms with Crippen molar-refractivity contribution in [1.82, 2.24) is 0 Å². The average Bonchev–Trinajstić information content (AvgIpc) is 2.54. The molecule has 104 valence electrons. The van der Waals surface area contributed by atoms with Crippen LogP contribution in [0.4, 0.5) is 5.69 Å². The van der Waals surface area contributed by atoms with Crippen LogP contribution in [-0.4, -0.2) is 12.1 Å². The van der Waals surface area contributed by atoms with Crippen molar-refractivity contribution in [3.8, 4) is 6.07 Å². The molecule has 2 aromatic carbocycles. The lowest BCUT2D eigenvalue weighted by atomic mass is 9.90. The molecule has 0 amide bonds. The number of hydrogen-bond acceptors (Lipinski definition) is 3. The minimum absolute atomic E-state index is 0.618. The van der Waals surface area contributed by atoms with Gasteiger partial charge in [-0.15, -0.1) is 0 Å². The molecule has 0 saturated heterocycles. The Morgan fingerprint density at radius 3 is 2.43 bits per heavy atom. The molecule has 0 aromatic heterocycles. The summed E-state index contributed by atoms with van der Waals surface area (Å²) >= 11 is 6.55. The first-order chi connectivity index (χ1) is 10.2. The Balaban J connectivity index is 2.34. The van der Waals surface area contributed by atoms with Gasteiger partial charge < -0.3 is 10.1 Å². The first kappa shape index (κ1) is 13.5. The minimum Gasteiger partial charge on any atom is -0.496 e. The van der Waals surface area contributed by atoms with Crippen molar-refractivity contribution < 1.29 is 4.74 Å². The van der Waals surface area contributed by atoms with Crippen LogP contribution in [0.15, 0.2) is 54.6 Å². The zero-order chi connectivity index (χ0) is 14.9. The van der Waals surface area contributed by atoms with Gasteiger partial charge in [-0.25, -0.2) is 0 Å². The highest BCUT2D eigenvalue weighted by Gasteiger charge is 2.41. The summed E-state index contributed by atoms with van der Waals surface area (Å²) in [5.74, 6) is 0.618. The van der Waals surface area contributed by atoms with Crippen molar-refractivity contribution in [2.45, 2.75) is 5.00 Å². The van der Waals surface area contributed by atoms with Crippen molar-refractivity contribution in [2.75, 3.05) is 12.4 Å². The van der Waals surface area contributed by atoms with Crippen molar-refractivity contribution >= 4 is 28.6 Å². The zero-order valence-corrected chi connectivity index (χ0v) is 12.2. The quantitative estimate of drug-likeness (QED) is 0.671. The number of halogens is 1. The summed E-state index contributed by atoms with van der Waals surface area (Å²) < 4.78 is 5.59. The summed E-state index contributed by atoms with van der Waals surface area (Å²) in [6.45, 7) is 0. The standard InChI is InChI=1S/C17H13ClN2O/c1-21-16-13-9-5-6-10-14(13)20-17(18,11-19)15(16)12-7-3-2-4-8-12/h2-10,20H,1H3. The van der Waals surface area contributed by atoms with E-state index in [0.717, 1.165) is 16.8 Å². The summed E-state index contributed by atoms with van der Waals surface area (Å²) in [5, 5.41) is 12.7. The van der Waals surface area contributed by atoms with E-state index in [-0.39, 0.29) is 0 Å². The summed E-state index contributed by atoms with van der Waals surface area (Å²) in [4.78, 5) is -1.36. The lowest BCUT2D eigenvalue weighted by Gasteiger charge is -2.33. The minimum atomic E-state index is -1.36. The average molecular weight is 297 g/mol. The fourth-order valence-corrected chi connectivity index (χ4v) is 2.86. The van der Waals surface area contributed by atoms with E-state index in [1.165, 1.54) is 0 Å². The van der Waals surface area contributed by atoms with E-state index in [0.29, 0.717) is 11.3 Å². The number of benzene rings is 2. The van der Waals surface area contributed by atoms with Crippen LogP contribution in [0.5, 0.6) is 0 Å². The molecule has 1 unspecified atom stereocenters. The fraction of sp³-hybridized carbons (Fsp3) is 0.118. The van der Waals surface area contributed by atoms with Crippen LogP contribution in [0, 0.1) is 11.3 Å². The molecule has 0 radical (unpaired) electrons. The number of para-hydroxylation sites is 1. The van der Waals surface area contributed by atoms with Gasteiger partial charge in [-0.1, -0.05) is 54.1 Å². The zero-order valence-electron chi connectivity index (χ0n) is 11.4. The molecule has 1 heterocycles. The maximum Gasteiger partial charge on any atom is 0.230 e. The van der Waals surface area contributed by atoms with Crippen molar-refractivity contribution in [3.05, 3.63) is 65.7 Å². The molecule has 3 nitrogen and oxygen atoms in total. The van der Waals surface area contributed by atoms with E-state index >= 15 is 0 Å². The van der Waals surface area contributed by atoms with Crippen LogP contribution in [-0.2, 0) is 4.74 Å². The second-order valence-corrected chi connectivity index (χ2v) is 5.28. The third-order valence-corrected chi connectivity index (χ3v) is 3.84. The number of fused-ring (bicyclic) bond motifs is 1. The Hall–Kier alpha value is -2.44. The number of nitrogens with one attached hydrogen (secondary N) is 1. The van der Waals surface area contributed by atoms with Crippen LogP contribution >= 0.6 is 11.6 Å². The molecule has 1 atom stereocenters. The Bertz CT molecular complexity index is 749. The SMILES string of the molecule is COC1=C(c2ccccc2)C(Cl)(C#N)Nc2ccccc21. The van der Waals surface area contributed by atoms with Gasteiger partial charge in [-0.2, -0.15) is 5.26 Å². The Morgan fingerprint density at radius 1 is 1.10 bits per heavy atom. The number of alkyl halides is 1. The Morgan fingerprint density at radius 2 is 1.76 bits per heavy atom. The molecular weight excluding hydrogens is 284 g/mol. The highest BCUT2D eigenvalue weighted by Crippen LogP contribution is 2.45. The van der Waals surface area contributed by atoms with Crippen molar-refractivity contribution in [1.29, 1.82) is 5.26 Å². The van der Waals surface area contributed by atoms with E-state index in [9.17, 15) is 5.26 Å². The topological polar surface area (TPSA) is 45.0 Å². The first-order valence-corrected chi connectivity index (χ1v) is 6.89. The molecule has 1 aliphatic rings. The van der Waals surface area contributed by atoms with E-state index in [1.54, 1.807) is 7.11 Å². The summed E-state index contributed by atoms with van der Waals surface area (Å²) in [6, 6.07) is 19.4. The second kappa shape index (κ2) is 5.16. The predicted molar refractivity (Wildman–Crippen MR) is 84.5 cm³/mol. The smallest absolute Gasteiger partial charge is 0.230 e. The summed E-state index contributed by atoms with van der Waals surface area (Å²) in [6.07, 6.45) is 0. The number of nitrogens with zero attached hydrogens (tertiary/aromatic N) is 1. The van der Waals surface area contributed by atoms with Crippen molar-refractivity contribution in [2.24, 2.45) is 0 Å². The third kappa shape index (κ3) is 2.14. The predicted octanol–water partition coefficient (Wildman–Crippen LogP) is 4.09. The second-order valence-electron chi connectivity index (χ2n) is 4.72. The molecule has 0 spiro atoms. The van der Waals surface area contributed by atoms with E-state index < -0.39 is 5.00 Å². The fourth-order valence-electron chi connectivity index (χ4n) is 2.56. The molecule has 0 fully saturated rings. The van der Waals surface area contributed by atoms with Crippen LogP contribution in [0.2, 0.25) is 0 Å². The van der Waals surface area contributed by atoms with Gasteiger partial charge in [0.1, 0.15) is 11.8 Å². The molecule has 4 heteroatoms. The summed E-state index contributed by atoms with van der Waals surface area (Å²) in [5.41, 5.74) is 3.16. The first-order valence-electron chi connectivity index (χ1n) is 6.51. The number of ether oxygens (including phenoxy) is 1. The maximum atomic E-state index is 9.59. The molecule has 3 rings (SSSR count). The van der Waals surface area contributed by atoms with Crippen LogP contribution < -0.4 is 5.32 Å². The van der Waals surface area contributed by atoms with Gasteiger partial charge in [-0.05, 0) is 17.7 Å². The molecule has 0 bridgehead atoms. The van der Waals surface area contributed by atoms with E-state index in [2.05, 4.69) is 11.4 Å². The van der Waals surface area contributed by atoms with Gasteiger partial charge >= 0.3 is 0 Å². The van der Waals surface area contributed by atoms with E-state index in [4.69, 9.17) is 16.3 Å². The van der Waals surface area contributed by atoms with Crippen LogP contribution in [0.25, 0.3) is 11.3 Å². The molecule has 2 aromatic rings. The van der Waals surface area contributed by atoms with Gasteiger partial charge in [0.25, 0.3) is 0 Å². The number of methoxy groups -OCH3 is 1. The van der Waals surface area contributed by atoms with Crippen LogP contribution in [0.1, 0.15) is 11.1 Å². The number of rotatable bonds is 2.